The molecule has 5 nitrogen and oxygen atoms in total. The molecule has 7 heteroatoms. The number of amides is 1. The lowest BCUT2D eigenvalue weighted by atomic mass is 10.0. The second-order valence-corrected chi connectivity index (χ2v) is 10.2. The Morgan fingerprint density at radius 1 is 1.32 bits per heavy atom. The van der Waals surface area contributed by atoms with Crippen molar-refractivity contribution < 1.29 is 13.2 Å². The summed E-state index contributed by atoms with van der Waals surface area (Å²) >= 11 is 1.38. The number of fused-ring (bicyclic) bond motifs is 1. The molecular weight excluding hydrogens is 356 g/mol. The maximum Gasteiger partial charge on any atom is 0.230 e. The third kappa shape index (κ3) is 4.15. The van der Waals surface area contributed by atoms with E-state index in [0.717, 1.165) is 27.1 Å². The molecule has 1 aromatic heterocycles. The topological polar surface area (TPSA) is 76.1 Å². The second kappa shape index (κ2) is 6.61. The monoisotopic (exact) mass is 378 g/mol. The zero-order valence-electron chi connectivity index (χ0n) is 14.6. The number of nitrogens with zero attached hydrogens (tertiary/aromatic N) is 1. The zero-order chi connectivity index (χ0) is 18.2. The minimum absolute atomic E-state index is 0.0168. The summed E-state index contributed by atoms with van der Waals surface area (Å²) in [4.78, 5) is 16.9. The molecule has 134 valence electrons. The zero-order valence-corrected chi connectivity index (χ0v) is 16.3. The Kier molecular flexibility index (Phi) is 4.81. The second-order valence-electron chi connectivity index (χ2n) is 6.99. The molecule has 1 unspecified atom stereocenters. The van der Waals surface area contributed by atoms with Crippen molar-refractivity contribution in [2.45, 2.75) is 37.8 Å². The fourth-order valence-corrected chi connectivity index (χ4v) is 6.09. The number of aryl methyl sites for hydroxylation is 2. The first-order valence-electron chi connectivity index (χ1n) is 8.19. The molecule has 0 spiro atoms. The fourth-order valence-electron chi connectivity index (χ4n) is 3.23. The van der Waals surface area contributed by atoms with Gasteiger partial charge in [0, 0.05) is 5.39 Å². The number of rotatable bonds is 4. The smallest absolute Gasteiger partial charge is 0.230 e. The molecule has 0 radical (unpaired) electrons. The minimum atomic E-state index is -3.04. The molecule has 2 aromatic rings. The van der Waals surface area contributed by atoms with Crippen molar-refractivity contribution in [1.29, 1.82) is 0 Å². The van der Waals surface area contributed by atoms with E-state index in [-0.39, 0.29) is 23.2 Å². The van der Waals surface area contributed by atoms with Crippen molar-refractivity contribution in [2.24, 2.45) is 0 Å². The molecule has 2 heterocycles. The maximum absolute atomic E-state index is 12.2. The Morgan fingerprint density at radius 2 is 2.08 bits per heavy atom. The van der Waals surface area contributed by atoms with E-state index in [1.54, 1.807) is 6.92 Å². The number of sulfone groups is 1. The van der Waals surface area contributed by atoms with Crippen LogP contribution in [0.15, 0.2) is 29.3 Å². The van der Waals surface area contributed by atoms with Crippen molar-refractivity contribution in [3.8, 4) is 0 Å². The molecule has 1 saturated heterocycles. The van der Waals surface area contributed by atoms with Gasteiger partial charge in [-0.2, -0.15) is 0 Å². The third-order valence-electron chi connectivity index (χ3n) is 4.52. The van der Waals surface area contributed by atoms with Gasteiger partial charge in [0.25, 0.3) is 0 Å². The van der Waals surface area contributed by atoms with Crippen LogP contribution in [0.3, 0.4) is 0 Å². The molecule has 1 aliphatic heterocycles. The Labute approximate surface area is 152 Å². The molecule has 1 N–H and O–H groups in total. The number of carbonyl (C=O) groups is 1. The van der Waals surface area contributed by atoms with Crippen molar-refractivity contribution in [1.82, 2.24) is 10.3 Å². The third-order valence-corrected chi connectivity index (χ3v) is 7.33. The summed E-state index contributed by atoms with van der Waals surface area (Å²) in [5.74, 6) is 0.221. The van der Waals surface area contributed by atoms with Crippen molar-refractivity contribution in [3.05, 3.63) is 35.4 Å². The Balaban J connectivity index is 1.68. The van der Waals surface area contributed by atoms with Crippen molar-refractivity contribution in [3.63, 3.8) is 0 Å². The number of thioether (sulfide) groups is 1. The van der Waals surface area contributed by atoms with E-state index in [9.17, 15) is 13.2 Å². The lowest BCUT2D eigenvalue weighted by Gasteiger charge is -2.23. The van der Waals surface area contributed by atoms with Gasteiger partial charge in [-0.1, -0.05) is 30.0 Å². The van der Waals surface area contributed by atoms with Gasteiger partial charge in [0.15, 0.2) is 9.84 Å². The van der Waals surface area contributed by atoms with Crippen LogP contribution < -0.4 is 5.32 Å². The van der Waals surface area contributed by atoms with E-state index in [0.29, 0.717) is 6.42 Å². The first-order chi connectivity index (χ1) is 11.7. The van der Waals surface area contributed by atoms with E-state index in [1.165, 1.54) is 11.8 Å². The van der Waals surface area contributed by atoms with Crippen LogP contribution in [0.25, 0.3) is 10.9 Å². The maximum atomic E-state index is 12.2. The lowest BCUT2D eigenvalue weighted by Crippen LogP contribution is -2.47. The highest BCUT2D eigenvalue weighted by atomic mass is 32.2. The van der Waals surface area contributed by atoms with Crippen LogP contribution in [0, 0.1) is 13.8 Å². The van der Waals surface area contributed by atoms with Gasteiger partial charge >= 0.3 is 0 Å². The van der Waals surface area contributed by atoms with E-state index >= 15 is 0 Å². The average molecular weight is 379 g/mol. The number of benzene rings is 1. The molecule has 1 fully saturated rings. The number of para-hydroxylation sites is 1. The number of pyridine rings is 1. The van der Waals surface area contributed by atoms with Crippen molar-refractivity contribution >= 4 is 38.4 Å². The molecule has 1 aromatic carbocycles. The van der Waals surface area contributed by atoms with Gasteiger partial charge in [-0.3, -0.25) is 4.79 Å². The summed E-state index contributed by atoms with van der Waals surface area (Å²) in [7, 11) is -3.04. The molecule has 0 bridgehead atoms. The van der Waals surface area contributed by atoms with Crippen LogP contribution >= 0.6 is 11.8 Å². The highest BCUT2D eigenvalue weighted by Gasteiger charge is 2.39. The largest absolute Gasteiger partial charge is 0.349 e. The molecule has 0 aliphatic carbocycles. The fraction of sp³-hybridized carbons (Fsp3) is 0.444. The molecule has 1 amide bonds. The number of aromatic nitrogens is 1. The highest BCUT2D eigenvalue weighted by molar-refractivity contribution is 7.99. The van der Waals surface area contributed by atoms with Gasteiger partial charge in [-0.25, -0.2) is 13.4 Å². The summed E-state index contributed by atoms with van der Waals surface area (Å²) in [5.41, 5.74) is 2.54. The number of carbonyl (C=O) groups excluding carboxylic acids is 1. The van der Waals surface area contributed by atoms with Crippen LogP contribution in [0.2, 0.25) is 0 Å². The van der Waals surface area contributed by atoms with Gasteiger partial charge in [0.05, 0.1) is 33.3 Å². The first-order valence-corrected chi connectivity index (χ1v) is 11.0. The quantitative estimate of drug-likeness (QED) is 0.828. The molecule has 25 heavy (non-hydrogen) atoms. The first kappa shape index (κ1) is 18.2. The van der Waals surface area contributed by atoms with Crippen molar-refractivity contribution in [2.75, 3.05) is 17.3 Å². The predicted octanol–water partition coefficient (Wildman–Crippen LogP) is 2.64. The molecule has 1 atom stereocenters. The van der Waals surface area contributed by atoms with Gasteiger partial charge in [0.2, 0.25) is 5.91 Å². The summed E-state index contributed by atoms with van der Waals surface area (Å²) in [6.45, 7) is 5.86. The van der Waals surface area contributed by atoms with Crippen LogP contribution in [0.5, 0.6) is 0 Å². The summed E-state index contributed by atoms with van der Waals surface area (Å²) in [6, 6.07) is 8.08. The number of nitrogens with one attached hydrogen (secondary N) is 1. The number of hydrogen-bond acceptors (Lipinski definition) is 5. The summed E-state index contributed by atoms with van der Waals surface area (Å²) in [5, 5.41) is 4.80. The normalized spacial score (nSPS) is 22.2. The van der Waals surface area contributed by atoms with E-state index < -0.39 is 15.4 Å². The standard InChI is InChI=1S/C18H22N2O3S2/c1-12-5-4-6-14-13(2)9-16(19-17(12)14)24-10-15(21)20-18(3)7-8-25(22,23)11-18/h4-6,9H,7-8,10-11H2,1-3H3,(H,20,21). The molecule has 0 saturated carbocycles. The molecule has 1 aliphatic rings. The van der Waals surface area contributed by atoms with Gasteiger partial charge in [-0.05, 0) is 44.4 Å². The molecule has 3 rings (SSSR count). The Hall–Kier alpha value is -1.60. The summed E-state index contributed by atoms with van der Waals surface area (Å²) in [6.07, 6.45) is 0.471. The predicted molar refractivity (Wildman–Crippen MR) is 102 cm³/mol. The van der Waals surface area contributed by atoms with Gasteiger partial charge < -0.3 is 5.32 Å². The van der Waals surface area contributed by atoms with E-state index in [1.807, 2.05) is 38.1 Å². The molecular formula is C18H22N2O3S2. The highest BCUT2D eigenvalue weighted by Crippen LogP contribution is 2.26. The van der Waals surface area contributed by atoms with Crippen LogP contribution in [-0.4, -0.2) is 42.1 Å². The minimum Gasteiger partial charge on any atom is -0.349 e. The SMILES string of the molecule is Cc1cc(SCC(=O)NC2(C)CCS(=O)(=O)C2)nc2c(C)cccc12. The van der Waals surface area contributed by atoms with Crippen LogP contribution in [0.4, 0.5) is 0 Å². The average Bonchev–Trinajstić information content (AvgIpc) is 2.79. The van der Waals surface area contributed by atoms with Crippen LogP contribution in [0.1, 0.15) is 24.5 Å². The van der Waals surface area contributed by atoms with Crippen LogP contribution in [-0.2, 0) is 14.6 Å². The van der Waals surface area contributed by atoms with E-state index in [4.69, 9.17) is 0 Å². The van der Waals surface area contributed by atoms with Gasteiger partial charge in [0.1, 0.15) is 0 Å². The Morgan fingerprint density at radius 3 is 2.76 bits per heavy atom. The van der Waals surface area contributed by atoms with Gasteiger partial charge in [-0.15, -0.1) is 0 Å². The Bertz CT molecular complexity index is 941. The summed E-state index contributed by atoms with van der Waals surface area (Å²) < 4.78 is 23.3. The van der Waals surface area contributed by atoms with E-state index in [2.05, 4.69) is 10.3 Å². The number of hydrogen-bond donors (Lipinski definition) is 1. The lowest BCUT2D eigenvalue weighted by molar-refractivity contribution is -0.120.